The highest BCUT2D eigenvalue weighted by atomic mass is 16.5. The van der Waals surface area contributed by atoms with Crippen LogP contribution in [0.1, 0.15) is 33.6 Å². The maximum Gasteiger partial charge on any atom is 0.294 e. The van der Waals surface area contributed by atoms with E-state index in [9.17, 15) is 9.90 Å². The van der Waals surface area contributed by atoms with Crippen LogP contribution in [0.4, 0.5) is 0 Å². The number of aromatic hydroxyl groups is 1. The lowest BCUT2D eigenvalue weighted by atomic mass is 10.1. The number of pyridine rings is 1. The molecule has 134 valence electrons. The molecule has 1 aromatic carbocycles. The number of rotatable bonds is 7. The van der Waals surface area contributed by atoms with Crippen molar-refractivity contribution in [2.45, 2.75) is 33.6 Å². The van der Waals surface area contributed by atoms with Crippen molar-refractivity contribution in [3.63, 3.8) is 0 Å². The molecule has 0 saturated heterocycles. The van der Waals surface area contributed by atoms with E-state index < -0.39 is 5.56 Å². The number of allylic oxidation sites excluding steroid dienone is 3. The molecule has 25 heavy (non-hydrogen) atoms. The molecule has 0 aliphatic carbocycles. The predicted octanol–water partition coefficient (Wildman–Crippen LogP) is 4.31. The van der Waals surface area contributed by atoms with Crippen LogP contribution in [-0.4, -0.2) is 23.8 Å². The predicted molar refractivity (Wildman–Crippen MR) is 101 cm³/mol. The first-order valence-corrected chi connectivity index (χ1v) is 8.27. The van der Waals surface area contributed by atoms with Gasteiger partial charge in [0.15, 0.2) is 5.75 Å². The Morgan fingerprint density at radius 2 is 2.00 bits per heavy atom. The average Bonchev–Trinajstić information content (AvgIpc) is 2.54. The van der Waals surface area contributed by atoms with Crippen molar-refractivity contribution in [2.24, 2.45) is 0 Å². The van der Waals surface area contributed by atoms with Gasteiger partial charge in [0.25, 0.3) is 5.56 Å². The zero-order chi connectivity index (χ0) is 18.4. The van der Waals surface area contributed by atoms with E-state index in [1.807, 2.05) is 0 Å². The number of H-pyrrole nitrogens is 1. The van der Waals surface area contributed by atoms with Crippen molar-refractivity contribution >= 4 is 10.9 Å². The Balaban J connectivity index is 2.07. The van der Waals surface area contributed by atoms with Crippen LogP contribution in [0, 0.1) is 0 Å². The van der Waals surface area contributed by atoms with Crippen molar-refractivity contribution in [1.29, 1.82) is 0 Å². The van der Waals surface area contributed by atoms with Gasteiger partial charge in [0.1, 0.15) is 12.4 Å². The smallest absolute Gasteiger partial charge is 0.294 e. The highest BCUT2D eigenvalue weighted by Gasteiger charge is 2.12. The van der Waals surface area contributed by atoms with Gasteiger partial charge in [-0.15, -0.1) is 0 Å². The molecule has 0 aliphatic heterocycles. The molecule has 0 unspecified atom stereocenters. The number of hydrogen-bond donors (Lipinski definition) is 2. The summed E-state index contributed by atoms with van der Waals surface area (Å²) in [5.74, 6) is 0.375. The average molecular weight is 343 g/mol. The van der Waals surface area contributed by atoms with Crippen LogP contribution < -0.4 is 15.0 Å². The minimum Gasteiger partial charge on any atom is -0.504 e. The maximum atomic E-state index is 11.9. The Labute approximate surface area is 147 Å². The quantitative estimate of drug-likeness (QED) is 0.735. The van der Waals surface area contributed by atoms with Crippen LogP contribution in [0.15, 0.2) is 46.3 Å². The Morgan fingerprint density at radius 3 is 2.68 bits per heavy atom. The number of aromatic nitrogens is 1. The van der Waals surface area contributed by atoms with Gasteiger partial charge < -0.3 is 19.6 Å². The normalized spacial score (nSPS) is 11.4. The molecule has 1 heterocycles. The minimum absolute atomic E-state index is 0.0870. The van der Waals surface area contributed by atoms with Crippen molar-refractivity contribution in [1.82, 2.24) is 4.98 Å². The van der Waals surface area contributed by atoms with Gasteiger partial charge in [-0.1, -0.05) is 17.2 Å². The van der Waals surface area contributed by atoms with Gasteiger partial charge in [-0.2, -0.15) is 0 Å². The van der Waals surface area contributed by atoms with Crippen LogP contribution in [0.5, 0.6) is 17.2 Å². The number of methoxy groups -OCH3 is 1. The molecular weight excluding hydrogens is 318 g/mol. The second kappa shape index (κ2) is 8.42. The lowest BCUT2D eigenvalue weighted by molar-refractivity contribution is 0.361. The molecule has 1 aromatic heterocycles. The zero-order valence-corrected chi connectivity index (χ0v) is 15.2. The molecule has 0 atom stereocenters. The fourth-order valence-electron chi connectivity index (χ4n) is 2.49. The highest BCUT2D eigenvalue weighted by Crippen LogP contribution is 2.31. The summed E-state index contributed by atoms with van der Waals surface area (Å²) in [6.07, 6.45) is 6.31. The van der Waals surface area contributed by atoms with Gasteiger partial charge in [-0.05, 0) is 51.8 Å². The lowest BCUT2D eigenvalue weighted by Gasteiger charge is -2.09. The van der Waals surface area contributed by atoms with Gasteiger partial charge in [-0.3, -0.25) is 4.79 Å². The Bertz CT molecular complexity index is 858. The Hall–Kier alpha value is -2.69. The summed E-state index contributed by atoms with van der Waals surface area (Å²) in [6, 6.07) is 5.15. The van der Waals surface area contributed by atoms with E-state index in [-0.39, 0.29) is 11.5 Å². The maximum absolute atomic E-state index is 11.9. The fraction of sp³-hybridized carbons (Fsp3) is 0.350. The van der Waals surface area contributed by atoms with Gasteiger partial charge in [0.2, 0.25) is 5.75 Å². The highest BCUT2D eigenvalue weighted by molar-refractivity contribution is 5.87. The van der Waals surface area contributed by atoms with E-state index >= 15 is 0 Å². The zero-order valence-electron chi connectivity index (χ0n) is 15.2. The third-order valence-electron chi connectivity index (χ3n) is 3.89. The lowest BCUT2D eigenvalue weighted by Crippen LogP contribution is -2.09. The number of benzene rings is 1. The van der Waals surface area contributed by atoms with Crippen molar-refractivity contribution < 1.29 is 14.6 Å². The van der Waals surface area contributed by atoms with Crippen LogP contribution in [-0.2, 0) is 0 Å². The monoisotopic (exact) mass is 343 g/mol. The summed E-state index contributed by atoms with van der Waals surface area (Å²) in [5, 5.41) is 10.6. The minimum atomic E-state index is -0.473. The third-order valence-corrected chi connectivity index (χ3v) is 3.89. The first-order valence-electron chi connectivity index (χ1n) is 8.27. The molecule has 2 rings (SSSR count). The van der Waals surface area contributed by atoms with E-state index in [0.29, 0.717) is 23.3 Å². The molecule has 0 spiro atoms. The molecule has 0 amide bonds. The number of aromatic amines is 1. The number of nitrogens with one attached hydrogen (secondary N) is 1. The van der Waals surface area contributed by atoms with E-state index in [2.05, 4.69) is 37.9 Å². The standard InChI is InChI=1S/C20H25NO4/c1-13(2)6-5-7-14(3)10-11-25-15-8-9-16-17(12-15)21-20(23)19(24-4)18(16)22/h6,8-10,12H,5,7,11H2,1-4H3,(H2,21,22,23)/b14-10+. The Morgan fingerprint density at radius 1 is 1.24 bits per heavy atom. The summed E-state index contributed by atoms with van der Waals surface area (Å²) in [6.45, 7) is 6.74. The van der Waals surface area contributed by atoms with Crippen molar-refractivity contribution in [2.75, 3.05) is 13.7 Å². The van der Waals surface area contributed by atoms with E-state index in [1.54, 1.807) is 18.2 Å². The molecule has 5 heteroatoms. The summed E-state index contributed by atoms with van der Waals surface area (Å²) < 4.78 is 10.6. The van der Waals surface area contributed by atoms with E-state index in [0.717, 1.165) is 12.8 Å². The molecule has 0 radical (unpaired) electrons. The van der Waals surface area contributed by atoms with Crippen LogP contribution in [0.25, 0.3) is 10.9 Å². The molecule has 0 aliphatic rings. The van der Waals surface area contributed by atoms with Crippen molar-refractivity contribution in [3.8, 4) is 17.2 Å². The summed E-state index contributed by atoms with van der Waals surface area (Å²) >= 11 is 0. The second-order valence-electron chi connectivity index (χ2n) is 6.22. The van der Waals surface area contributed by atoms with Crippen LogP contribution >= 0.6 is 0 Å². The number of hydrogen-bond acceptors (Lipinski definition) is 4. The largest absolute Gasteiger partial charge is 0.504 e. The van der Waals surface area contributed by atoms with E-state index in [1.165, 1.54) is 18.3 Å². The molecular formula is C20H25NO4. The van der Waals surface area contributed by atoms with Gasteiger partial charge in [-0.25, -0.2) is 0 Å². The SMILES string of the molecule is COc1c(O)c2ccc(OC/C=C(\C)CCC=C(C)C)cc2[nH]c1=O. The third kappa shape index (κ3) is 4.89. The fourth-order valence-corrected chi connectivity index (χ4v) is 2.49. The summed E-state index contributed by atoms with van der Waals surface area (Å²) in [5.41, 5.74) is 2.63. The molecule has 0 fully saturated rings. The number of fused-ring (bicyclic) bond motifs is 1. The summed E-state index contributed by atoms with van der Waals surface area (Å²) in [7, 11) is 1.35. The van der Waals surface area contributed by atoms with Crippen LogP contribution in [0.3, 0.4) is 0 Å². The van der Waals surface area contributed by atoms with Crippen molar-refractivity contribution in [3.05, 3.63) is 51.9 Å². The first kappa shape index (κ1) is 18.6. The van der Waals surface area contributed by atoms with Crippen LogP contribution in [0.2, 0.25) is 0 Å². The van der Waals surface area contributed by atoms with Gasteiger partial charge >= 0.3 is 0 Å². The number of ether oxygens (including phenoxy) is 2. The molecule has 0 saturated carbocycles. The molecule has 2 aromatic rings. The topological polar surface area (TPSA) is 71.5 Å². The molecule has 0 bridgehead atoms. The first-order chi connectivity index (χ1) is 11.9. The van der Waals surface area contributed by atoms with Gasteiger partial charge in [0, 0.05) is 11.5 Å². The van der Waals surface area contributed by atoms with E-state index in [4.69, 9.17) is 9.47 Å². The Kier molecular flexibility index (Phi) is 6.28. The molecule has 2 N–H and O–H groups in total. The summed E-state index contributed by atoms with van der Waals surface area (Å²) in [4.78, 5) is 14.5. The molecule has 5 nitrogen and oxygen atoms in total. The van der Waals surface area contributed by atoms with Gasteiger partial charge in [0.05, 0.1) is 12.6 Å². The second-order valence-corrected chi connectivity index (χ2v) is 6.22.